The van der Waals surface area contributed by atoms with Gasteiger partial charge >= 0.3 is 0 Å². The van der Waals surface area contributed by atoms with E-state index in [1.807, 2.05) is 12.3 Å². The second kappa shape index (κ2) is 9.19. The number of nitrogens with one attached hydrogen (secondary N) is 3. The Morgan fingerprint density at radius 2 is 1.94 bits per heavy atom. The summed E-state index contributed by atoms with van der Waals surface area (Å²) in [6.45, 7) is 0. The highest BCUT2D eigenvalue weighted by atomic mass is 19.1. The number of carbonyl (C=O) groups is 1. The number of aromatic nitrogens is 2. The minimum atomic E-state index is -0.510. The summed E-state index contributed by atoms with van der Waals surface area (Å²) in [5, 5.41) is 7.96. The number of hydrogen-bond donors (Lipinski definition) is 3. The Morgan fingerprint density at radius 1 is 1.12 bits per heavy atom. The van der Waals surface area contributed by atoms with Crippen LogP contribution >= 0.6 is 0 Å². The van der Waals surface area contributed by atoms with Gasteiger partial charge in [0.2, 0.25) is 0 Å². The van der Waals surface area contributed by atoms with E-state index in [2.05, 4.69) is 32.1 Å². The Bertz CT molecular complexity index is 1120. The van der Waals surface area contributed by atoms with Crippen LogP contribution in [0.5, 0.6) is 5.75 Å². The van der Waals surface area contributed by atoms with Crippen molar-refractivity contribution >= 4 is 35.1 Å². The minimum absolute atomic E-state index is 0.0510. The van der Waals surface area contributed by atoms with Gasteiger partial charge in [-0.1, -0.05) is 12.1 Å². The third-order valence-corrected chi connectivity index (χ3v) is 5.04. The van der Waals surface area contributed by atoms with Crippen LogP contribution in [-0.2, 0) is 0 Å². The highest BCUT2D eigenvalue weighted by molar-refractivity contribution is 5.94. The molecule has 3 aromatic rings. The van der Waals surface area contributed by atoms with E-state index in [1.54, 1.807) is 37.3 Å². The normalized spacial score (nSPS) is 13.0. The molecular weight excluding hydrogens is 411 g/mol. The number of rotatable bonds is 9. The van der Waals surface area contributed by atoms with Crippen LogP contribution in [0, 0.1) is 5.82 Å². The molecule has 0 spiro atoms. The molecule has 0 unspecified atom stereocenters. The van der Waals surface area contributed by atoms with Crippen molar-refractivity contribution in [1.82, 2.24) is 15.0 Å². The first-order valence-corrected chi connectivity index (χ1v) is 10.2. The molecule has 0 saturated heterocycles. The summed E-state index contributed by atoms with van der Waals surface area (Å²) in [4.78, 5) is 21.0. The predicted molar refractivity (Wildman–Crippen MR) is 123 cm³/mol. The number of nitrogens with zero attached hydrogens (tertiary/aromatic N) is 3. The summed E-state index contributed by atoms with van der Waals surface area (Å²) in [6, 6.07) is 10.2. The number of hydrogen-bond acceptors (Lipinski definition) is 8. The van der Waals surface area contributed by atoms with Crippen molar-refractivity contribution < 1.29 is 13.9 Å². The minimum Gasteiger partial charge on any atom is -0.492 e. The van der Waals surface area contributed by atoms with E-state index in [0.717, 1.165) is 0 Å². The molecule has 1 aliphatic rings. The third-order valence-electron chi connectivity index (χ3n) is 5.04. The summed E-state index contributed by atoms with van der Waals surface area (Å²) in [7, 11) is 4.97. The summed E-state index contributed by atoms with van der Waals surface area (Å²) >= 11 is 0. The molecule has 1 aromatic carbocycles. The molecule has 2 aromatic heterocycles. The number of hydrazine groups is 1. The maximum atomic E-state index is 14.2. The van der Waals surface area contributed by atoms with Crippen molar-refractivity contribution in [2.24, 2.45) is 0 Å². The Morgan fingerprint density at radius 3 is 2.56 bits per heavy atom. The number of para-hydroxylation sites is 1. The van der Waals surface area contributed by atoms with Gasteiger partial charge in [-0.05, 0) is 42.5 Å². The van der Waals surface area contributed by atoms with Crippen molar-refractivity contribution in [2.45, 2.75) is 18.8 Å². The Kier molecular flexibility index (Phi) is 6.18. The van der Waals surface area contributed by atoms with Crippen LogP contribution in [0.1, 0.15) is 34.7 Å². The van der Waals surface area contributed by atoms with Gasteiger partial charge < -0.3 is 20.8 Å². The molecule has 0 bridgehead atoms. The van der Waals surface area contributed by atoms with E-state index in [0.29, 0.717) is 41.0 Å². The molecule has 4 rings (SSSR count). The number of benzene rings is 1. The standard InChI is InChI=1S/C23H25FN6O2/c1-30(2)29-23-16(13-31)19(26-18-6-4-5-17(24)22(18)32-3)11-21(28-23)27-20-10-9-15(12-25-20)14-7-8-14/h4-6,9-14H,7-8H2,1-3H3,(H3,25,26,27,28,29). The lowest BCUT2D eigenvalue weighted by Gasteiger charge is -2.19. The predicted octanol–water partition coefficient (Wildman–Crippen LogP) is 4.69. The van der Waals surface area contributed by atoms with Gasteiger partial charge in [0.25, 0.3) is 0 Å². The SMILES string of the molecule is COc1c(F)cccc1Nc1cc(Nc2ccc(C3CC3)cn2)nc(NN(C)C)c1C=O. The molecule has 0 atom stereocenters. The van der Waals surface area contributed by atoms with Gasteiger partial charge in [0, 0.05) is 26.4 Å². The van der Waals surface area contributed by atoms with E-state index >= 15 is 0 Å². The first kappa shape index (κ1) is 21.5. The number of ether oxygens (including phenoxy) is 1. The maximum Gasteiger partial charge on any atom is 0.177 e. The van der Waals surface area contributed by atoms with Crippen LogP contribution in [-0.4, -0.2) is 42.5 Å². The Balaban J connectivity index is 1.70. The third kappa shape index (κ3) is 4.78. The lowest BCUT2D eigenvalue weighted by Crippen LogP contribution is -2.22. The molecule has 1 aliphatic carbocycles. The second-order valence-electron chi connectivity index (χ2n) is 7.76. The number of halogens is 1. The molecule has 3 N–H and O–H groups in total. The molecule has 8 nitrogen and oxygen atoms in total. The fraction of sp³-hybridized carbons (Fsp3) is 0.261. The smallest absolute Gasteiger partial charge is 0.177 e. The van der Waals surface area contributed by atoms with E-state index in [4.69, 9.17) is 4.74 Å². The van der Waals surface area contributed by atoms with E-state index in [1.165, 1.54) is 31.6 Å². The molecule has 0 aliphatic heterocycles. The number of methoxy groups -OCH3 is 1. The zero-order valence-corrected chi connectivity index (χ0v) is 18.1. The number of aldehydes is 1. The lowest BCUT2D eigenvalue weighted by molar-refractivity contribution is 0.112. The fourth-order valence-electron chi connectivity index (χ4n) is 3.37. The van der Waals surface area contributed by atoms with Crippen molar-refractivity contribution in [1.29, 1.82) is 0 Å². The molecule has 0 radical (unpaired) electrons. The lowest BCUT2D eigenvalue weighted by atomic mass is 10.2. The van der Waals surface area contributed by atoms with Crippen LogP contribution in [0.3, 0.4) is 0 Å². The summed E-state index contributed by atoms with van der Waals surface area (Å²) < 4.78 is 19.3. The Labute approximate surface area is 185 Å². The quantitative estimate of drug-likeness (QED) is 0.329. The number of pyridine rings is 2. The second-order valence-corrected chi connectivity index (χ2v) is 7.76. The largest absolute Gasteiger partial charge is 0.492 e. The first-order chi connectivity index (χ1) is 15.5. The summed E-state index contributed by atoms with van der Waals surface area (Å²) in [5.74, 6) is 1.59. The monoisotopic (exact) mass is 436 g/mol. The fourth-order valence-corrected chi connectivity index (χ4v) is 3.37. The molecule has 1 fully saturated rings. The first-order valence-electron chi connectivity index (χ1n) is 10.2. The van der Waals surface area contributed by atoms with Gasteiger partial charge in [-0.25, -0.2) is 19.4 Å². The van der Waals surface area contributed by atoms with Gasteiger partial charge in [0.15, 0.2) is 23.7 Å². The van der Waals surface area contributed by atoms with Gasteiger partial charge in [0.05, 0.1) is 24.0 Å². The van der Waals surface area contributed by atoms with E-state index < -0.39 is 5.82 Å². The molecule has 2 heterocycles. The van der Waals surface area contributed by atoms with Crippen LogP contribution in [0.25, 0.3) is 0 Å². The zero-order chi connectivity index (χ0) is 22.7. The number of carbonyl (C=O) groups excluding carboxylic acids is 1. The Hall–Kier alpha value is -3.72. The van der Waals surface area contributed by atoms with Gasteiger partial charge in [-0.3, -0.25) is 4.79 Å². The highest BCUT2D eigenvalue weighted by Crippen LogP contribution is 2.40. The van der Waals surface area contributed by atoms with Crippen molar-refractivity contribution in [3.63, 3.8) is 0 Å². The molecule has 1 saturated carbocycles. The maximum absolute atomic E-state index is 14.2. The zero-order valence-electron chi connectivity index (χ0n) is 18.1. The summed E-state index contributed by atoms with van der Waals surface area (Å²) in [6.07, 6.45) is 4.98. The molecule has 0 amide bonds. The highest BCUT2D eigenvalue weighted by Gasteiger charge is 2.23. The molecule has 166 valence electrons. The van der Waals surface area contributed by atoms with E-state index in [-0.39, 0.29) is 11.3 Å². The molecular formula is C23H25FN6O2. The van der Waals surface area contributed by atoms with Gasteiger partial charge in [-0.15, -0.1) is 0 Å². The molecule has 32 heavy (non-hydrogen) atoms. The van der Waals surface area contributed by atoms with Crippen LogP contribution < -0.4 is 20.8 Å². The van der Waals surface area contributed by atoms with Crippen LogP contribution in [0.15, 0.2) is 42.6 Å². The van der Waals surface area contributed by atoms with E-state index in [9.17, 15) is 9.18 Å². The average Bonchev–Trinajstić information content (AvgIpc) is 3.60. The average molecular weight is 436 g/mol. The van der Waals surface area contributed by atoms with Gasteiger partial charge in [0.1, 0.15) is 11.6 Å². The summed E-state index contributed by atoms with van der Waals surface area (Å²) in [5.41, 5.74) is 5.37. The van der Waals surface area contributed by atoms with Crippen molar-refractivity contribution in [3.05, 3.63) is 59.5 Å². The molecule has 9 heteroatoms. The van der Waals surface area contributed by atoms with Crippen LogP contribution in [0.4, 0.5) is 33.2 Å². The van der Waals surface area contributed by atoms with Crippen molar-refractivity contribution in [2.75, 3.05) is 37.3 Å². The topological polar surface area (TPSA) is 91.4 Å². The van der Waals surface area contributed by atoms with Crippen molar-refractivity contribution in [3.8, 4) is 5.75 Å². The van der Waals surface area contributed by atoms with Crippen LogP contribution in [0.2, 0.25) is 0 Å². The number of anilines is 5. The van der Waals surface area contributed by atoms with Gasteiger partial charge in [-0.2, -0.15) is 0 Å².